The van der Waals surface area contributed by atoms with E-state index < -0.39 is 7.37 Å². The van der Waals surface area contributed by atoms with Gasteiger partial charge in [-0.25, -0.2) is 0 Å². The summed E-state index contributed by atoms with van der Waals surface area (Å²) < 4.78 is 9.77. The van der Waals surface area contributed by atoms with Crippen molar-refractivity contribution < 1.29 is 14.6 Å². The summed E-state index contributed by atoms with van der Waals surface area (Å²) in [6.45, 7) is 2.60. The highest BCUT2D eigenvalue weighted by molar-refractivity contribution is 7.56. The van der Waals surface area contributed by atoms with E-state index in [1.807, 2.05) is 6.07 Å². The Bertz CT molecular complexity index is 244. The molecular formula is C8H13O3P. The van der Waals surface area contributed by atoms with Crippen molar-refractivity contribution in [1.82, 2.24) is 0 Å². The van der Waals surface area contributed by atoms with Gasteiger partial charge in [-0.1, -0.05) is 18.2 Å². The molecule has 0 unspecified atom stereocenters. The van der Waals surface area contributed by atoms with Gasteiger partial charge in [0.2, 0.25) is 0 Å². The molecule has 0 fully saturated rings. The number of rotatable bonds is 0. The van der Waals surface area contributed by atoms with Crippen molar-refractivity contribution in [1.29, 1.82) is 0 Å². The molecule has 0 bridgehead atoms. The first-order valence-corrected chi connectivity index (χ1v) is 5.97. The summed E-state index contributed by atoms with van der Waals surface area (Å²) in [7, 11) is -2.64. The minimum absolute atomic E-state index is 0.322. The van der Waals surface area contributed by atoms with Crippen LogP contribution in [0.1, 0.15) is 0 Å². The molecule has 68 valence electrons. The van der Waals surface area contributed by atoms with Crippen LogP contribution in [-0.2, 0) is 4.57 Å². The Balaban J connectivity index is 0.000000217. The third kappa shape index (κ3) is 11.9. The van der Waals surface area contributed by atoms with Gasteiger partial charge in [-0.05, 0) is 12.1 Å². The van der Waals surface area contributed by atoms with Crippen LogP contribution in [0.15, 0.2) is 30.3 Å². The van der Waals surface area contributed by atoms with Crippen molar-refractivity contribution in [2.75, 3.05) is 13.3 Å². The van der Waals surface area contributed by atoms with Crippen LogP contribution in [0.4, 0.5) is 0 Å². The molecule has 3 nitrogen and oxygen atoms in total. The van der Waals surface area contributed by atoms with Crippen molar-refractivity contribution in [2.24, 2.45) is 0 Å². The van der Waals surface area contributed by atoms with E-state index in [9.17, 15) is 4.57 Å². The molecule has 0 spiro atoms. The second-order valence-corrected chi connectivity index (χ2v) is 5.22. The lowest BCUT2D eigenvalue weighted by Gasteiger charge is -1.86. The molecule has 1 aromatic rings. The van der Waals surface area contributed by atoms with Crippen LogP contribution in [0.25, 0.3) is 0 Å². The van der Waals surface area contributed by atoms with Gasteiger partial charge in [0, 0.05) is 13.3 Å². The van der Waals surface area contributed by atoms with E-state index in [1.165, 1.54) is 13.3 Å². The highest BCUT2D eigenvalue weighted by Gasteiger charge is 1.92. The molecule has 0 saturated heterocycles. The minimum atomic E-state index is -2.64. The summed E-state index contributed by atoms with van der Waals surface area (Å²) in [6, 6.07) is 8.71. The topological polar surface area (TPSA) is 57.5 Å². The Morgan fingerprint density at radius 3 is 1.67 bits per heavy atom. The van der Waals surface area contributed by atoms with E-state index in [0.717, 1.165) is 0 Å². The first kappa shape index (κ1) is 11.2. The molecule has 4 heteroatoms. The van der Waals surface area contributed by atoms with E-state index >= 15 is 0 Å². The largest absolute Gasteiger partial charge is 0.508 e. The summed E-state index contributed by atoms with van der Waals surface area (Å²) in [4.78, 5) is 8.08. The predicted octanol–water partition coefficient (Wildman–Crippen LogP) is 1.91. The Labute approximate surface area is 72.1 Å². The van der Waals surface area contributed by atoms with Crippen LogP contribution in [0, 0.1) is 0 Å². The lowest BCUT2D eigenvalue weighted by Crippen LogP contribution is -1.62. The molecule has 0 aromatic heterocycles. The van der Waals surface area contributed by atoms with Gasteiger partial charge in [-0.2, -0.15) is 0 Å². The van der Waals surface area contributed by atoms with E-state index in [4.69, 9.17) is 10.00 Å². The van der Waals surface area contributed by atoms with Gasteiger partial charge >= 0.3 is 0 Å². The zero-order valence-electron chi connectivity index (χ0n) is 7.14. The number of hydrogen-bond donors (Lipinski definition) is 2. The SMILES string of the molecule is CP(C)(=O)O.Oc1ccccc1. The zero-order chi connectivity index (χ0) is 9.61. The second-order valence-electron chi connectivity index (χ2n) is 2.63. The number of phenolic OH excluding ortho intramolecular Hbond substituents is 1. The quantitative estimate of drug-likeness (QED) is 0.611. The van der Waals surface area contributed by atoms with E-state index in [2.05, 4.69) is 0 Å². The summed E-state index contributed by atoms with van der Waals surface area (Å²) in [5, 5.41) is 8.63. The molecule has 2 N–H and O–H groups in total. The number of aromatic hydroxyl groups is 1. The van der Waals surface area contributed by atoms with Crippen LogP contribution >= 0.6 is 7.37 Å². The van der Waals surface area contributed by atoms with Crippen LogP contribution < -0.4 is 0 Å². The van der Waals surface area contributed by atoms with E-state index in [-0.39, 0.29) is 0 Å². The smallest absolute Gasteiger partial charge is 0.194 e. The Morgan fingerprint density at radius 1 is 1.17 bits per heavy atom. The molecule has 0 heterocycles. The zero-order valence-corrected chi connectivity index (χ0v) is 8.03. The molecule has 1 rings (SSSR count). The highest BCUT2D eigenvalue weighted by Crippen LogP contribution is 2.27. The predicted molar refractivity (Wildman–Crippen MR) is 49.8 cm³/mol. The van der Waals surface area contributed by atoms with Crippen LogP contribution in [0.5, 0.6) is 5.75 Å². The second kappa shape index (κ2) is 4.96. The van der Waals surface area contributed by atoms with Crippen LogP contribution in [-0.4, -0.2) is 23.3 Å². The molecular weight excluding hydrogens is 175 g/mol. The number of para-hydroxylation sites is 1. The van der Waals surface area contributed by atoms with Crippen molar-refractivity contribution in [3.8, 4) is 5.75 Å². The van der Waals surface area contributed by atoms with E-state index in [1.54, 1.807) is 24.3 Å². The molecule has 0 aliphatic carbocycles. The lowest BCUT2D eigenvalue weighted by molar-refractivity contribution is 0.475. The highest BCUT2D eigenvalue weighted by atomic mass is 31.2. The maximum Gasteiger partial charge on any atom is 0.194 e. The molecule has 0 amide bonds. The van der Waals surface area contributed by atoms with Crippen LogP contribution in [0.2, 0.25) is 0 Å². The van der Waals surface area contributed by atoms with Gasteiger partial charge in [0.25, 0.3) is 0 Å². The Kier molecular flexibility index (Phi) is 4.64. The fourth-order valence-electron chi connectivity index (χ4n) is 0.428. The van der Waals surface area contributed by atoms with Crippen molar-refractivity contribution in [2.45, 2.75) is 0 Å². The van der Waals surface area contributed by atoms with Gasteiger partial charge in [0.1, 0.15) is 5.75 Å². The van der Waals surface area contributed by atoms with Crippen molar-refractivity contribution >= 4 is 7.37 Å². The number of phenols is 1. The molecule has 0 radical (unpaired) electrons. The normalized spacial score (nSPS) is 9.92. The fourth-order valence-corrected chi connectivity index (χ4v) is 0.428. The standard InChI is InChI=1S/C6H6O.C2H7O2P/c7-6-4-2-1-3-5-6;1-5(2,3)4/h1-5,7H;1-2H3,(H,3,4). The molecule has 0 saturated carbocycles. The number of benzene rings is 1. The Morgan fingerprint density at radius 2 is 1.50 bits per heavy atom. The van der Waals surface area contributed by atoms with Crippen molar-refractivity contribution in [3.63, 3.8) is 0 Å². The summed E-state index contributed by atoms with van der Waals surface area (Å²) in [5.74, 6) is 0.322. The molecule has 0 aliphatic heterocycles. The van der Waals surface area contributed by atoms with Gasteiger partial charge in [-0.3, -0.25) is 4.57 Å². The average Bonchev–Trinajstić information content (AvgIpc) is 1.85. The lowest BCUT2D eigenvalue weighted by atomic mass is 10.3. The summed E-state index contributed by atoms with van der Waals surface area (Å²) in [6.07, 6.45) is 0. The molecule has 0 atom stereocenters. The van der Waals surface area contributed by atoms with Gasteiger partial charge < -0.3 is 10.00 Å². The van der Waals surface area contributed by atoms with E-state index in [0.29, 0.717) is 5.75 Å². The average molecular weight is 188 g/mol. The third-order valence-corrected chi connectivity index (χ3v) is 0.756. The monoisotopic (exact) mass is 188 g/mol. The van der Waals surface area contributed by atoms with Crippen molar-refractivity contribution in [3.05, 3.63) is 30.3 Å². The number of hydrogen-bond acceptors (Lipinski definition) is 2. The third-order valence-electron chi connectivity index (χ3n) is 0.756. The van der Waals surface area contributed by atoms with Gasteiger partial charge in [-0.15, -0.1) is 0 Å². The summed E-state index contributed by atoms with van der Waals surface area (Å²) in [5.41, 5.74) is 0. The molecule has 1 aromatic carbocycles. The Hall–Kier alpha value is -0.790. The maximum absolute atomic E-state index is 9.77. The maximum atomic E-state index is 9.77. The molecule has 0 aliphatic rings. The minimum Gasteiger partial charge on any atom is -0.508 e. The van der Waals surface area contributed by atoms with Gasteiger partial charge in [0.05, 0.1) is 0 Å². The fraction of sp³-hybridized carbons (Fsp3) is 0.250. The van der Waals surface area contributed by atoms with Crippen LogP contribution in [0.3, 0.4) is 0 Å². The molecule has 12 heavy (non-hydrogen) atoms. The summed E-state index contributed by atoms with van der Waals surface area (Å²) >= 11 is 0. The van der Waals surface area contributed by atoms with Gasteiger partial charge in [0.15, 0.2) is 7.37 Å². The first-order chi connectivity index (χ1) is 5.39. The first-order valence-electron chi connectivity index (χ1n) is 3.41.